The first-order chi connectivity index (χ1) is 9.33. The number of hydrogen-bond donors (Lipinski definition) is 1. The number of nitrogens with zero attached hydrogens (tertiary/aromatic N) is 4. The van der Waals surface area contributed by atoms with Crippen LogP contribution in [0.25, 0.3) is 0 Å². The Hall–Kier alpha value is -1.62. The van der Waals surface area contributed by atoms with E-state index < -0.39 is 0 Å². The van der Waals surface area contributed by atoms with E-state index in [-0.39, 0.29) is 0 Å². The summed E-state index contributed by atoms with van der Waals surface area (Å²) in [7, 11) is 0. The molecule has 1 saturated carbocycles. The third kappa shape index (κ3) is 2.87. The predicted octanol–water partition coefficient (Wildman–Crippen LogP) is 2.92. The minimum Gasteiger partial charge on any atom is -0.364 e. The fourth-order valence-corrected chi connectivity index (χ4v) is 2.82. The second-order valence-corrected chi connectivity index (χ2v) is 5.20. The Labute approximate surface area is 117 Å². The Kier molecular flexibility index (Phi) is 3.64. The molecule has 0 unspecified atom stereocenters. The van der Waals surface area contributed by atoms with Gasteiger partial charge in [0.1, 0.15) is 11.0 Å². The first-order valence-corrected chi connectivity index (χ1v) is 6.94. The third-order valence-electron chi connectivity index (χ3n) is 3.53. The van der Waals surface area contributed by atoms with Crippen LogP contribution >= 0.6 is 11.6 Å². The lowest BCUT2D eigenvalue weighted by atomic mass is 9.90. The summed E-state index contributed by atoms with van der Waals surface area (Å²) >= 11 is 5.87. The van der Waals surface area contributed by atoms with E-state index in [4.69, 9.17) is 11.6 Å². The normalized spacial score (nSPS) is 23.2. The van der Waals surface area contributed by atoms with Gasteiger partial charge in [-0.3, -0.25) is 9.67 Å². The number of rotatable bonds is 3. The van der Waals surface area contributed by atoms with Crippen molar-refractivity contribution in [2.24, 2.45) is 0 Å². The molecular formula is C13H16ClN5. The van der Waals surface area contributed by atoms with Gasteiger partial charge in [-0.2, -0.15) is 5.10 Å². The van der Waals surface area contributed by atoms with Crippen molar-refractivity contribution in [2.75, 3.05) is 5.32 Å². The zero-order valence-corrected chi connectivity index (χ0v) is 11.3. The molecule has 3 rings (SSSR count). The summed E-state index contributed by atoms with van der Waals surface area (Å²) < 4.78 is 2.04. The molecule has 1 fully saturated rings. The van der Waals surface area contributed by atoms with E-state index in [0.29, 0.717) is 17.2 Å². The van der Waals surface area contributed by atoms with E-state index in [0.717, 1.165) is 18.7 Å². The van der Waals surface area contributed by atoms with Crippen molar-refractivity contribution >= 4 is 17.4 Å². The second kappa shape index (κ2) is 5.57. The molecule has 100 valence electrons. The summed E-state index contributed by atoms with van der Waals surface area (Å²) in [6.45, 7) is 0. The lowest BCUT2D eigenvalue weighted by Gasteiger charge is -2.32. The van der Waals surface area contributed by atoms with Crippen LogP contribution in [-0.2, 0) is 0 Å². The van der Waals surface area contributed by atoms with Crippen LogP contribution in [0, 0.1) is 0 Å². The van der Waals surface area contributed by atoms with Gasteiger partial charge in [-0.15, -0.1) is 0 Å². The predicted molar refractivity (Wildman–Crippen MR) is 74.2 cm³/mol. The van der Waals surface area contributed by atoms with Crippen molar-refractivity contribution in [1.29, 1.82) is 0 Å². The Bertz CT molecular complexity index is 528. The molecule has 0 aliphatic heterocycles. The molecule has 1 N–H and O–H groups in total. The topological polar surface area (TPSA) is 55.6 Å². The van der Waals surface area contributed by atoms with Gasteiger partial charge in [0.05, 0.1) is 24.5 Å². The first-order valence-electron chi connectivity index (χ1n) is 6.56. The number of aromatic nitrogens is 4. The quantitative estimate of drug-likeness (QED) is 0.937. The molecule has 6 heteroatoms. The van der Waals surface area contributed by atoms with Crippen LogP contribution in [-0.4, -0.2) is 25.8 Å². The van der Waals surface area contributed by atoms with Crippen molar-refractivity contribution in [3.8, 4) is 0 Å². The van der Waals surface area contributed by atoms with Crippen molar-refractivity contribution in [1.82, 2.24) is 19.7 Å². The Balaban J connectivity index is 1.77. The summed E-state index contributed by atoms with van der Waals surface area (Å²) in [6, 6.07) is 2.65. The molecule has 0 bridgehead atoms. The minimum atomic E-state index is 0.321. The maximum absolute atomic E-state index is 5.87. The average molecular weight is 278 g/mol. The SMILES string of the molecule is Clc1cncc(N[C@H]2CCCC[C@H]2n2cccn2)n1. The molecule has 2 atom stereocenters. The summed E-state index contributed by atoms with van der Waals surface area (Å²) in [4.78, 5) is 8.30. The standard InChI is InChI=1S/C13H16ClN5/c14-12-8-15-9-13(18-12)17-10-4-1-2-5-11(10)19-7-3-6-16-19/h3,6-11H,1-2,4-5H2,(H,17,18)/t10-,11+/m0/s1. The highest BCUT2D eigenvalue weighted by molar-refractivity contribution is 6.29. The van der Waals surface area contributed by atoms with Crippen LogP contribution in [0.15, 0.2) is 30.9 Å². The van der Waals surface area contributed by atoms with Crippen molar-refractivity contribution in [3.05, 3.63) is 36.0 Å². The largest absolute Gasteiger partial charge is 0.364 e. The third-order valence-corrected chi connectivity index (χ3v) is 3.71. The number of anilines is 1. The summed E-state index contributed by atoms with van der Waals surface area (Å²) in [6.07, 6.45) is 11.8. The van der Waals surface area contributed by atoms with E-state index in [1.54, 1.807) is 12.4 Å². The van der Waals surface area contributed by atoms with Crippen molar-refractivity contribution < 1.29 is 0 Å². The molecular weight excluding hydrogens is 262 g/mol. The van der Waals surface area contributed by atoms with Crippen LogP contribution in [0.3, 0.4) is 0 Å². The van der Waals surface area contributed by atoms with Crippen LogP contribution < -0.4 is 5.32 Å². The van der Waals surface area contributed by atoms with E-state index in [1.165, 1.54) is 12.8 Å². The fourth-order valence-electron chi connectivity index (χ4n) is 2.67. The van der Waals surface area contributed by atoms with E-state index in [9.17, 15) is 0 Å². The summed E-state index contributed by atoms with van der Waals surface area (Å²) in [5.41, 5.74) is 0. The van der Waals surface area contributed by atoms with Gasteiger partial charge >= 0.3 is 0 Å². The molecule has 19 heavy (non-hydrogen) atoms. The van der Waals surface area contributed by atoms with Crippen LogP contribution in [0.1, 0.15) is 31.7 Å². The maximum atomic E-state index is 5.87. The highest BCUT2D eigenvalue weighted by Gasteiger charge is 2.27. The van der Waals surface area contributed by atoms with Gasteiger partial charge in [0, 0.05) is 12.4 Å². The maximum Gasteiger partial charge on any atom is 0.149 e. The number of halogens is 1. The van der Waals surface area contributed by atoms with Crippen LogP contribution in [0.2, 0.25) is 5.15 Å². The van der Waals surface area contributed by atoms with Gasteiger partial charge in [0.25, 0.3) is 0 Å². The summed E-state index contributed by atoms with van der Waals surface area (Å²) in [5, 5.41) is 8.22. The lowest BCUT2D eigenvalue weighted by molar-refractivity contribution is 0.301. The van der Waals surface area contributed by atoms with Crippen LogP contribution in [0.4, 0.5) is 5.82 Å². The molecule has 0 amide bonds. The van der Waals surface area contributed by atoms with Gasteiger partial charge in [0.15, 0.2) is 0 Å². The second-order valence-electron chi connectivity index (χ2n) is 4.82. The Morgan fingerprint density at radius 3 is 2.95 bits per heavy atom. The van der Waals surface area contributed by atoms with E-state index >= 15 is 0 Å². The lowest BCUT2D eigenvalue weighted by Crippen LogP contribution is -2.34. The first kappa shape index (κ1) is 12.4. The zero-order chi connectivity index (χ0) is 13.1. The molecule has 1 aliphatic rings. The van der Waals surface area contributed by atoms with Crippen LogP contribution in [0.5, 0.6) is 0 Å². The highest BCUT2D eigenvalue weighted by Crippen LogP contribution is 2.30. The van der Waals surface area contributed by atoms with Crippen molar-refractivity contribution in [3.63, 3.8) is 0 Å². The van der Waals surface area contributed by atoms with E-state index in [2.05, 4.69) is 20.4 Å². The van der Waals surface area contributed by atoms with Gasteiger partial charge < -0.3 is 5.32 Å². The van der Waals surface area contributed by atoms with Gasteiger partial charge in [-0.25, -0.2) is 4.98 Å². The Morgan fingerprint density at radius 1 is 1.26 bits per heavy atom. The van der Waals surface area contributed by atoms with Crippen molar-refractivity contribution in [2.45, 2.75) is 37.8 Å². The number of hydrogen-bond acceptors (Lipinski definition) is 4. The molecule has 2 heterocycles. The molecule has 0 aromatic carbocycles. The van der Waals surface area contributed by atoms with Gasteiger partial charge in [-0.05, 0) is 18.9 Å². The number of nitrogens with one attached hydrogen (secondary N) is 1. The molecule has 0 spiro atoms. The molecule has 0 radical (unpaired) electrons. The Morgan fingerprint density at radius 2 is 2.16 bits per heavy atom. The molecule has 2 aromatic heterocycles. The molecule has 5 nitrogen and oxygen atoms in total. The average Bonchev–Trinajstić information content (AvgIpc) is 2.93. The van der Waals surface area contributed by atoms with E-state index in [1.807, 2.05) is 23.1 Å². The molecule has 2 aromatic rings. The van der Waals surface area contributed by atoms with Gasteiger partial charge in [0.2, 0.25) is 0 Å². The fraction of sp³-hybridized carbons (Fsp3) is 0.462. The smallest absolute Gasteiger partial charge is 0.149 e. The minimum absolute atomic E-state index is 0.321. The molecule has 1 aliphatic carbocycles. The molecule has 0 saturated heterocycles. The van der Waals surface area contributed by atoms with Gasteiger partial charge in [-0.1, -0.05) is 24.4 Å². The monoisotopic (exact) mass is 277 g/mol. The highest BCUT2D eigenvalue weighted by atomic mass is 35.5. The summed E-state index contributed by atoms with van der Waals surface area (Å²) in [5.74, 6) is 0.733. The zero-order valence-electron chi connectivity index (χ0n) is 10.5.